The van der Waals surface area contributed by atoms with Crippen LogP contribution in [0.5, 0.6) is 0 Å². The molecule has 0 saturated heterocycles. The molecule has 0 heterocycles. The standard InChI is InChI=1S/C16H24O3Si/c1-5-13-11-9-10-12-14(13)15(6-2)19-20-16(17-7-3)18-8-4/h5,9-12,15-16H,1,6-8H2,2-4H3. The van der Waals surface area contributed by atoms with Gasteiger partial charge in [0.1, 0.15) is 0 Å². The van der Waals surface area contributed by atoms with Crippen molar-refractivity contribution < 1.29 is 13.9 Å². The first-order valence-corrected chi connectivity index (χ1v) is 8.11. The first kappa shape index (κ1) is 17.1. The summed E-state index contributed by atoms with van der Waals surface area (Å²) in [6.07, 6.45) is 2.82. The topological polar surface area (TPSA) is 27.7 Å². The van der Waals surface area contributed by atoms with Gasteiger partial charge >= 0.3 is 0 Å². The molecule has 0 amide bonds. The molecule has 0 aliphatic rings. The molecule has 2 radical (unpaired) electrons. The van der Waals surface area contributed by atoms with Gasteiger partial charge in [-0.1, -0.05) is 43.8 Å². The second-order valence-corrected chi connectivity index (χ2v) is 5.15. The Labute approximate surface area is 124 Å². The summed E-state index contributed by atoms with van der Waals surface area (Å²) in [4.78, 5) is 0. The lowest BCUT2D eigenvalue weighted by atomic mass is 10.0. The van der Waals surface area contributed by atoms with E-state index in [1.165, 1.54) is 5.56 Å². The van der Waals surface area contributed by atoms with Crippen molar-refractivity contribution in [3.63, 3.8) is 0 Å². The summed E-state index contributed by atoms with van der Waals surface area (Å²) >= 11 is 0. The molecule has 1 rings (SSSR count). The van der Waals surface area contributed by atoms with Crippen LogP contribution in [0.15, 0.2) is 30.8 Å². The van der Waals surface area contributed by atoms with E-state index in [1.54, 1.807) is 0 Å². The Hall–Kier alpha value is -0.943. The normalized spacial score (nSPS) is 12.6. The molecule has 0 aliphatic heterocycles. The minimum Gasteiger partial charge on any atom is -0.405 e. The third-order valence-corrected chi connectivity index (χ3v) is 3.82. The van der Waals surface area contributed by atoms with Crippen molar-refractivity contribution in [3.05, 3.63) is 42.0 Å². The number of hydrogen-bond acceptors (Lipinski definition) is 3. The summed E-state index contributed by atoms with van der Waals surface area (Å²) in [5.41, 5.74) is 2.29. The van der Waals surface area contributed by atoms with Crippen molar-refractivity contribution in [2.24, 2.45) is 0 Å². The quantitative estimate of drug-likeness (QED) is 0.485. The summed E-state index contributed by atoms with van der Waals surface area (Å²) in [7, 11) is 0.169. The molecule has 4 heteroatoms. The van der Waals surface area contributed by atoms with Crippen LogP contribution >= 0.6 is 0 Å². The van der Waals surface area contributed by atoms with Crippen LogP contribution in [-0.4, -0.2) is 28.9 Å². The van der Waals surface area contributed by atoms with E-state index in [-0.39, 0.29) is 21.8 Å². The molecule has 1 unspecified atom stereocenters. The van der Waals surface area contributed by atoms with E-state index in [2.05, 4.69) is 25.6 Å². The van der Waals surface area contributed by atoms with Gasteiger partial charge in [-0.15, -0.1) is 0 Å². The van der Waals surface area contributed by atoms with Gasteiger partial charge in [-0.2, -0.15) is 0 Å². The van der Waals surface area contributed by atoms with Crippen LogP contribution in [-0.2, 0) is 13.9 Å². The summed E-state index contributed by atoms with van der Waals surface area (Å²) in [5.74, 6) is -0.269. The van der Waals surface area contributed by atoms with Crippen molar-refractivity contribution in [1.29, 1.82) is 0 Å². The fourth-order valence-corrected chi connectivity index (χ4v) is 2.95. The van der Waals surface area contributed by atoms with E-state index in [9.17, 15) is 0 Å². The van der Waals surface area contributed by atoms with Crippen LogP contribution in [0, 0.1) is 0 Å². The largest absolute Gasteiger partial charge is 0.405 e. The molecule has 0 bridgehead atoms. The first-order chi connectivity index (χ1) is 9.76. The molecule has 0 saturated carbocycles. The van der Waals surface area contributed by atoms with E-state index in [1.807, 2.05) is 32.1 Å². The molecule has 3 nitrogen and oxygen atoms in total. The molecule has 1 atom stereocenters. The average Bonchev–Trinajstić information content (AvgIpc) is 2.48. The monoisotopic (exact) mass is 292 g/mol. The lowest BCUT2D eigenvalue weighted by molar-refractivity contribution is -0.0920. The number of ether oxygens (including phenoxy) is 2. The van der Waals surface area contributed by atoms with Gasteiger partial charge < -0.3 is 13.9 Å². The summed E-state index contributed by atoms with van der Waals surface area (Å²) in [5, 5.41) is 0. The van der Waals surface area contributed by atoms with Gasteiger partial charge in [0, 0.05) is 13.2 Å². The van der Waals surface area contributed by atoms with Crippen LogP contribution in [0.1, 0.15) is 44.4 Å². The minimum atomic E-state index is -0.269. The van der Waals surface area contributed by atoms with Crippen LogP contribution in [0.25, 0.3) is 6.08 Å². The minimum absolute atomic E-state index is 0.0472. The zero-order valence-electron chi connectivity index (χ0n) is 12.6. The Kier molecular flexibility index (Phi) is 8.45. The first-order valence-electron chi connectivity index (χ1n) is 7.12. The molecule has 110 valence electrons. The molecule has 0 spiro atoms. The predicted octanol–water partition coefficient (Wildman–Crippen LogP) is 3.77. The molecule has 20 heavy (non-hydrogen) atoms. The van der Waals surface area contributed by atoms with Crippen LogP contribution in [0.2, 0.25) is 0 Å². The van der Waals surface area contributed by atoms with Gasteiger partial charge in [0.2, 0.25) is 0 Å². The predicted molar refractivity (Wildman–Crippen MR) is 83.4 cm³/mol. The maximum atomic E-state index is 6.02. The summed E-state index contributed by atoms with van der Waals surface area (Å²) in [6.45, 7) is 11.1. The third-order valence-electron chi connectivity index (χ3n) is 2.88. The number of hydrogen-bond donors (Lipinski definition) is 0. The van der Waals surface area contributed by atoms with E-state index in [4.69, 9.17) is 13.9 Å². The summed E-state index contributed by atoms with van der Waals surface area (Å²) in [6, 6.07) is 8.19. The fourth-order valence-electron chi connectivity index (χ4n) is 1.91. The van der Waals surface area contributed by atoms with E-state index in [0.717, 1.165) is 12.0 Å². The summed E-state index contributed by atoms with van der Waals surface area (Å²) < 4.78 is 17.0. The van der Waals surface area contributed by atoms with Gasteiger partial charge in [-0.3, -0.25) is 0 Å². The average molecular weight is 292 g/mol. The Bertz CT molecular complexity index is 389. The SMILES string of the molecule is C=Cc1ccccc1C(CC)O[Si]C(OCC)OCC. The van der Waals surface area contributed by atoms with Crippen LogP contribution in [0.4, 0.5) is 0 Å². The van der Waals surface area contributed by atoms with Crippen molar-refractivity contribution >= 4 is 15.8 Å². The Morgan fingerprint density at radius 2 is 1.80 bits per heavy atom. The number of rotatable bonds is 10. The third kappa shape index (κ3) is 5.21. The molecule has 1 aromatic rings. The van der Waals surface area contributed by atoms with Gasteiger partial charge in [0.25, 0.3) is 9.76 Å². The zero-order valence-corrected chi connectivity index (χ0v) is 13.6. The van der Waals surface area contributed by atoms with E-state index < -0.39 is 0 Å². The van der Waals surface area contributed by atoms with Gasteiger partial charge in [0.15, 0.2) is 5.91 Å². The second-order valence-electron chi connectivity index (χ2n) is 4.21. The Morgan fingerprint density at radius 1 is 1.15 bits per heavy atom. The molecule has 1 aromatic carbocycles. The highest BCUT2D eigenvalue weighted by Gasteiger charge is 2.18. The molecular formula is C16H24O3Si. The maximum Gasteiger partial charge on any atom is 0.300 e. The van der Waals surface area contributed by atoms with Crippen LogP contribution < -0.4 is 0 Å². The van der Waals surface area contributed by atoms with Gasteiger partial charge in [0.05, 0.1) is 6.10 Å². The van der Waals surface area contributed by atoms with Crippen LogP contribution in [0.3, 0.4) is 0 Å². The molecule has 0 fully saturated rings. The molecular weight excluding hydrogens is 268 g/mol. The number of benzene rings is 1. The zero-order chi connectivity index (χ0) is 14.8. The lowest BCUT2D eigenvalue weighted by Gasteiger charge is -2.22. The lowest BCUT2D eigenvalue weighted by Crippen LogP contribution is -2.28. The highest BCUT2D eigenvalue weighted by Crippen LogP contribution is 2.25. The van der Waals surface area contributed by atoms with Crippen molar-refractivity contribution in [1.82, 2.24) is 0 Å². The molecule has 0 aromatic heterocycles. The second kappa shape index (κ2) is 9.88. The smallest absolute Gasteiger partial charge is 0.300 e. The van der Waals surface area contributed by atoms with E-state index in [0.29, 0.717) is 13.2 Å². The highest BCUT2D eigenvalue weighted by molar-refractivity contribution is 6.28. The Morgan fingerprint density at radius 3 is 2.35 bits per heavy atom. The van der Waals surface area contributed by atoms with E-state index >= 15 is 0 Å². The van der Waals surface area contributed by atoms with Crippen molar-refractivity contribution in [3.8, 4) is 0 Å². The maximum absolute atomic E-state index is 6.02. The van der Waals surface area contributed by atoms with Gasteiger partial charge in [-0.25, -0.2) is 0 Å². The van der Waals surface area contributed by atoms with Gasteiger partial charge in [-0.05, 0) is 31.4 Å². The fraction of sp³-hybridized carbons (Fsp3) is 0.500. The Balaban J connectivity index is 2.68. The van der Waals surface area contributed by atoms with Crippen molar-refractivity contribution in [2.75, 3.05) is 13.2 Å². The van der Waals surface area contributed by atoms with Crippen molar-refractivity contribution in [2.45, 2.75) is 39.2 Å². The molecule has 0 aliphatic carbocycles. The highest BCUT2D eigenvalue weighted by atomic mass is 28.2. The molecule has 0 N–H and O–H groups in total.